The topological polar surface area (TPSA) is 51.0 Å². The lowest BCUT2D eigenvalue weighted by molar-refractivity contribution is 0.0689. The van der Waals surface area contributed by atoms with Crippen LogP contribution in [-0.4, -0.2) is 38.4 Å². The van der Waals surface area contributed by atoms with E-state index in [1.165, 1.54) is 11.5 Å². The zero-order chi connectivity index (χ0) is 16.9. The maximum Gasteiger partial charge on any atom is 0.253 e. The molecule has 3 rings (SSSR count). The normalized spacial score (nSPS) is 15.7. The van der Waals surface area contributed by atoms with Crippen LogP contribution in [-0.2, 0) is 13.0 Å². The minimum absolute atomic E-state index is 0.124. The second-order valence-electron chi connectivity index (χ2n) is 6.64. The molecule has 1 fully saturated rings. The van der Waals surface area contributed by atoms with Gasteiger partial charge in [-0.3, -0.25) is 9.78 Å². The summed E-state index contributed by atoms with van der Waals surface area (Å²) in [6.45, 7) is 7.04. The monoisotopic (exact) mass is 326 g/mol. The fraction of sp³-hybridized carbons (Fsp3) is 0.526. The number of aryl methyl sites for hydroxylation is 1. The first-order chi connectivity index (χ1) is 11.7. The molecule has 5 nitrogen and oxygen atoms in total. The number of piperidine rings is 1. The molecule has 2 aromatic rings. The van der Waals surface area contributed by atoms with Crippen molar-refractivity contribution in [2.45, 2.75) is 46.1 Å². The fourth-order valence-electron chi connectivity index (χ4n) is 3.48. The number of amides is 1. The molecular weight excluding hydrogens is 300 g/mol. The van der Waals surface area contributed by atoms with Crippen LogP contribution in [0.3, 0.4) is 0 Å². The molecule has 1 aliphatic heterocycles. The van der Waals surface area contributed by atoms with Gasteiger partial charge in [0.2, 0.25) is 0 Å². The van der Waals surface area contributed by atoms with Crippen molar-refractivity contribution in [3.8, 4) is 0 Å². The van der Waals surface area contributed by atoms with Gasteiger partial charge in [-0.05, 0) is 44.2 Å². The summed E-state index contributed by atoms with van der Waals surface area (Å²) in [5.41, 5.74) is 1.98. The number of nitrogens with zero attached hydrogens (tertiary/aromatic N) is 4. The van der Waals surface area contributed by atoms with Crippen LogP contribution in [0.4, 0.5) is 0 Å². The van der Waals surface area contributed by atoms with Gasteiger partial charge < -0.3 is 9.47 Å². The molecule has 0 aliphatic carbocycles. The van der Waals surface area contributed by atoms with E-state index in [2.05, 4.69) is 28.4 Å². The first-order valence-electron chi connectivity index (χ1n) is 8.89. The molecule has 2 aromatic heterocycles. The highest BCUT2D eigenvalue weighted by Gasteiger charge is 2.24. The maximum atomic E-state index is 12.5. The van der Waals surface area contributed by atoms with Crippen LogP contribution < -0.4 is 0 Å². The van der Waals surface area contributed by atoms with Crippen molar-refractivity contribution in [3.63, 3.8) is 0 Å². The van der Waals surface area contributed by atoms with Crippen LogP contribution in [0, 0.1) is 12.8 Å². The lowest BCUT2D eigenvalue weighted by Crippen LogP contribution is -2.39. The molecule has 0 saturated carbocycles. The average Bonchev–Trinajstić information content (AvgIpc) is 2.96. The van der Waals surface area contributed by atoms with E-state index < -0.39 is 0 Å². The molecule has 1 amide bonds. The van der Waals surface area contributed by atoms with Gasteiger partial charge in [0.1, 0.15) is 5.82 Å². The summed E-state index contributed by atoms with van der Waals surface area (Å²) in [5, 5.41) is 0. The molecule has 5 heteroatoms. The van der Waals surface area contributed by atoms with E-state index in [9.17, 15) is 4.79 Å². The van der Waals surface area contributed by atoms with Crippen molar-refractivity contribution >= 4 is 5.91 Å². The van der Waals surface area contributed by atoms with Crippen LogP contribution in [0.2, 0.25) is 0 Å². The Morgan fingerprint density at radius 1 is 1.25 bits per heavy atom. The van der Waals surface area contributed by atoms with E-state index in [4.69, 9.17) is 0 Å². The summed E-state index contributed by atoms with van der Waals surface area (Å²) in [6.07, 6.45) is 9.58. The Morgan fingerprint density at radius 3 is 2.62 bits per heavy atom. The molecular formula is C19H26N4O. The third kappa shape index (κ3) is 3.66. The molecule has 0 unspecified atom stereocenters. The smallest absolute Gasteiger partial charge is 0.253 e. The van der Waals surface area contributed by atoms with Gasteiger partial charge in [0, 0.05) is 55.9 Å². The minimum atomic E-state index is 0.124. The highest BCUT2D eigenvalue weighted by atomic mass is 16.2. The molecule has 0 atom stereocenters. The number of rotatable bonds is 5. The van der Waals surface area contributed by atoms with Crippen molar-refractivity contribution in [2.75, 3.05) is 13.1 Å². The first-order valence-corrected chi connectivity index (χ1v) is 8.89. The maximum absolute atomic E-state index is 12.5. The van der Waals surface area contributed by atoms with Crippen LogP contribution in [0.15, 0.2) is 30.7 Å². The van der Waals surface area contributed by atoms with Crippen molar-refractivity contribution in [2.24, 2.45) is 5.92 Å². The first kappa shape index (κ1) is 16.7. The zero-order valence-electron chi connectivity index (χ0n) is 14.6. The van der Waals surface area contributed by atoms with E-state index >= 15 is 0 Å². The number of carbonyl (C=O) groups is 1. The Labute approximate surface area is 143 Å². The molecule has 0 spiro atoms. The summed E-state index contributed by atoms with van der Waals surface area (Å²) >= 11 is 0. The highest BCUT2D eigenvalue weighted by molar-refractivity contribution is 5.94. The van der Waals surface area contributed by atoms with Gasteiger partial charge in [0.15, 0.2) is 0 Å². The van der Waals surface area contributed by atoms with Crippen molar-refractivity contribution in [3.05, 3.63) is 47.8 Å². The second kappa shape index (κ2) is 7.60. The number of aromatic nitrogens is 3. The molecule has 1 aliphatic rings. The largest absolute Gasteiger partial charge is 0.339 e. The summed E-state index contributed by atoms with van der Waals surface area (Å²) in [6, 6.07) is 3.58. The van der Waals surface area contributed by atoms with Gasteiger partial charge in [-0.25, -0.2) is 4.98 Å². The third-order valence-corrected chi connectivity index (χ3v) is 4.89. The fourth-order valence-corrected chi connectivity index (χ4v) is 3.48. The van der Waals surface area contributed by atoms with Crippen molar-refractivity contribution < 1.29 is 4.79 Å². The van der Waals surface area contributed by atoms with Crippen LogP contribution in [0.25, 0.3) is 0 Å². The predicted molar refractivity (Wildman–Crippen MR) is 93.8 cm³/mol. The lowest BCUT2D eigenvalue weighted by atomic mass is 9.93. The number of pyridine rings is 1. The molecule has 3 heterocycles. The van der Waals surface area contributed by atoms with Crippen LogP contribution >= 0.6 is 0 Å². The Bertz CT molecular complexity index is 672. The van der Waals surface area contributed by atoms with Crippen molar-refractivity contribution in [1.82, 2.24) is 19.4 Å². The van der Waals surface area contributed by atoms with Gasteiger partial charge in [-0.1, -0.05) is 6.92 Å². The van der Waals surface area contributed by atoms with Gasteiger partial charge in [0.25, 0.3) is 5.91 Å². The van der Waals surface area contributed by atoms with Crippen LogP contribution in [0.1, 0.15) is 48.1 Å². The number of imidazole rings is 1. The summed E-state index contributed by atoms with van der Waals surface area (Å²) in [4.78, 5) is 23.0. The minimum Gasteiger partial charge on any atom is -0.339 e. The number of hydrogen-bond donors (Lipinski definition) is 0. The lowest BCUT2D eigenvalue weighted by Gasteiger charge is -2.32. The molecule has 0 N–H and O–H groups in total. The molecule has 24 heavy (non-hydrogen) atoms. The molecule has 1 saturated heterocycles. The third-order valence-electron chi connectivity index (χ3n) is 4.89. The van der Waals surface area contributed by atoms with Gasteiger partial charge >= 0.3 is 0 Å². The Kier molecular flexibility index (Phi) is 5.28. The Hall–Kier alpha value is -2.17. The van der Waals surface area contributed by atoms with E-state index in [1.807, 2.05) is 11.1 Å². The molecule has 0 aromatic carbocycles. The SMILES string of the molecule is CCCn1c(C)cnc1CC1CCN(C(=O)c2ccncc2)CC1. The second-order valence-corrected chi connectivity index (χ2v) is 6.64. The predicted octanol–water partition coefficient (Wildman–Crippen LogP) is 3.09. The van der Waals surface area contributed by atoms with E-state index in [0.717, 1.165) is 50.9 Å². The Morgan fingerprint density at radius 2 is 1.96 bits per heavy atom. The summed E-state index contributed by atoms with van der Waals surface area (Å²) in [5.74, 6) is 1.94. The summed E-state index contributed by atoms with van der Waals surface area (Å²) < 4.78 is 2.34. The summed E-state index contributed by atoms with van der Waals surface area (Å²) in [7, 11) is 0. The van der Waals surface area contributed by atoms with E-state index in [0.29, 0.717) is 5.92 Å². The average molecular weight is 326 g/mol. The zero-order valence-corrected chi connectivity index (χ0v) is 14.6. The molecule has 0 radical (unpaired) electrons. The highest BCUT2D eigenvalue weighted by Crippen LogP contribution is 2.23. The van der Waals surface area contributed by atoms with Crippen molar-refractivity contribution in [1.29, 1.82) is 0 Å². The van der Waals surface area contributed by atoms with Gasteiger partial charge in [-0.2, -0.15) is 0 Å². The molecule has 128 valence electrons. The van der Waals surface area contributed by atoms with E-state index in [-0.39, 0.29) is 5.91 Å². The van der Waals surface area contributed by atoms with Crippen LogP contribution in [0.5, 0.6) is 0 Å². The Balaban J connectivity index is 1.57. The molecule has 0 bridgehead atoms. The number of likely N-dealkylation sites (tertiary alicyclic amines) is 1. The quantitative estimate of drug-likeness (QED) is 0.848. The van der Waals surface area contributed by atoms with Gasteiger partial charge in [-0.15, -0.1) is 0 Å². The number of carbonyl (C=O) groups excluding carboxylic acids is 1. The number of hydrogen-bond acceptors (Lipinski definition) is 3. The van der Waals surface area contributed by atoms with Gasteiger partial charge in [0.05, 0.1) is 0 Å². The van der Waals surface area contributed by atoms with E-state index in [1.54, 1.807) is 24.5 Å². The standard InChI is InChI=1S/C19H26N4O/c1-3-10-23-15(2)14-21-18(23)13-16-6-11-22(12-7-16)19(24)17-4-8-20-9-5-17/h4-5,8-9,14,16H,3,6-7,10-13H2,1-2H3.